The zero-order valence-electron chi connectivity index (χ0n) is 10.2. The van der Waals surface area contributed by atoms with Crippen LogP contribution in [0.5, 0.6) is 0 Å². The minimum atomic E-state index is 0.273. The molecule has 0 aliphatic carbocycles. The highest BCUT2D eigenvalue weighted by molar-refractivity contribution is 6.31. The van der Waals surface area contributed by atoms with E-state index in [0.29, 0.717) is 11.6 Å². The zero-order valence-corrected chi connectivity index (χ0v) is 10.9. The molecule has 1 heterocycles. The average molecular weight is 266 g/mol. The predicted molar refractivity (Wildman–Crippen MR) is 74.6 cm³/mol. The third kappa shape index (κ3) is 3.10. The molecule has 3 N–H and O–H groups in total. The number of fused-ring (bicyclic) bond motifs is 1. The van der Waals surface area contributed by atoms with Crippen LogP contribution in [-0.4, -0.2) is 17.6 Å². The van der Waals surface area contributed by atoms with Crippen molar-refractivity contribution in [1.29, 1.82) is 0 Å². The van der Waals surface area contributed by atoms with Crippen molar-refractivity contribution in [3.05, 3.63) is 35.5 Å². The van der Waals surface area contributed by atoms with Gasteiger partial charge in [0.25, 0.3) is 0 Å². The molecule has 2 rings (SSSR count). The summed E-state index contributed by atoms with van der Waals surface area (Å²) in [6.45, 7) is 2.62. The fourth-order valence-corrected chi connectivity index (χ4v) is 2.00. The van der Waals surface area contributed by atoms with Gasteiger partial charge in [0.15, 0.2) is 0 Å². The summed E-state index contributed by atoms with van der Waals surface area (Å²) in [4.78, 5) is 8.89. The third-order valence-corrected chi connectivity index (χ3v) is 3.01. The molecule has 0 amide bonds. The van der Waals surface area contributed by atoms with Crippen LogP contribution in [0.2, 0.25) is 5.02 Å². The van der Waals surface area contributed by atoms with Gasteiger partial charge in [-0.1, -0.05) is 11.6 Å². The van der Waals surface area contributed by atoms with Crippen LogP contribution < -0.4 is 11.2 Å². The summed E-state index contributed by atoms with van der Waals surface area (Å²) < 4.78 is 0. The van der Waals surface area contributed by atoms with Crippen LogP contribution in [0.15, 0.2) is 30.5 Å². The fraction of sp³-hybridized carbons (Fsp3) is 0.308. The van der Waals surface area contributed by atoms with Gasteiger partial charge in [-0.25, -0.2) is 5.90 Å². The maximum atomic E-state index is 5.95. The van der Waals surface area contributed by atoms with E-state index >= 15 is 0 Å². The van der Waals surface area contributed by atoms with Crippen LogP contribution in [0, 0.1) is 0 Å². The lowest BCUT2D eigenvalue weighted by Crippen LogP contribution is -2.18. The van der Waals surface area contributed by atoms with E-state index in [1.807, 2.05) is 24.3 Å². The van der Waals surface area contributed by atoms with E-state index in [-0.39, 0.29) is 6.04 Å². The van der Waals surface area contributed by atoms with Gasteiger partial charge in [-0.05, 0) is 37.6 Å². The van der Waals surface area contributed by atoms with Gasteiger partial charge in [-0.3, -0.25) is 4.98 Å². The van der Waals surface area contributed by atoms with Crippen molar-refractivity contribution in [3.8, 4) is 0 Å². The first-order valence-corrected chi connectivity index (χ1v) is 6.21. The number of pyridine rings is 1. The SMILES string of the molecule is C[C@@H](CCON)Nc1ccnc2cc(Cl)ccc12. The molecule has 0 unspecified atom stereocenters. The molecule has 4 nitrogen and oxygen atoms in total. The van der Waals surface area contributed by atoms with E-state index in [1.165, 1.54) is 0 Å². The number of benzene rings is 1. The standard InChI is InChI=1S/C13H16ClN3O/c1-9(5-7-18-15)17-12-4-6-16-13-8-10(14)2-3-11(12)13/h2-4,6,8-9H,5,7,15H2,1H3,(H,16,17)/t9-/m0/s1. The maximum Gasteiger partial charge on any atom is 0.0737 e. The molecule has 1 aromatic carbocycles. The largest absolute Gasteiger partial charge is 0.382 e. The molecule has 0 fully saturated rings. The molecule has 0 bridgehead atoms. The number of hydrogen-bond acceptors (Lipinski definition) is 4. The summed E-state index contributed by atoms with van der Waals surface area (Å²) >= 11 is 5.95. The van der Waals surface area contributed by atoms with Crippen molar-refractivity contribution in [3.63, 3.8) is 0 Å². The Kier molecular flexibility index (Phi) is 4.36. The number of halogens is 1. The van der Waals surface area contributed by atoms with Gasteiger partial charge < -0.3 is 10.2 Å². The lowest BCUT2D eigenvalue weighted by molar-refractivity contribution is 0.133. The molecular weight excluding hydrogens is 250 g/mol. The van der Waals surface area contributed by atoms with Gasteiger partial charge in [0, 0.05) is 28.3 Å². The van der Waals surface area contributed by atoms with Crippen molar-refractivity contribution >= 4 is 28.2 Å². The Bertz CT molecular complexity index is 533. The topological polar surface area (TPSA) is 60.2 Å². The Balaban J connectivity index is 2.22. The molecule has 0 radical (unpaired) electrons. The molecule has 1 atom stereocenters. The molecule has 0 saturated heterocycles. The summed E-state index contributed by atoms with van der Waals surface area (Å²) in [5.41, 5.74) is 1.93. The van der Waals surface area contributed by atoms with Gasteiger partial charge in [0.05, 0.1) is 12.1 Å². The smallest absolute Gasteiger partial charge is 0.0737 e. The van der Waals surface area contributed by atoms with E-state index in [0.717, 1.165) is 23.0 Å². The van der Waals surface area contributed by atoms with Crippen LogP contribution in [0.1, 0.15) is 13.3 Å². The van der Waals surface area contributed by atoms with Crippen molar-refractivity contribution < 1.29 is 4.84 Å². The maximum absolute atomic E-state index is 5.95. The molecule has 18 heavy (non-hydrogen) atoms. The van der Waals surface area contributed by atoms with Crippen LogP contribution in [0.4, 0.5) is 5.69 Å². The second-order valence-corrected chi connectivity index (χ2v) is 4.66. The van der Waals surface area contributed by atoms with E-state index in [4.69, 9.17) is 17.5 Å². The van der Waals surface area contributed by atoms with Crippen molar-refractivity contribution in [2.24, 2.45) is 5.90 Å². The van der Waals surface area contributed by atoms with Gasteiger partial charge in [0.1, 0.15) is 0 Å². The molecule has 1 aromatic heterocycles. The third-order valence-electron chi connectivity index (χ3n) is 2.78. The number of nitrogens with one attached hydrogen (secondary N) is 1. The normalized spacial score (nSPS) is 12.6. The Morgan fingerprint density at radius 2 is 2.28 bits per heavy atom. The average Bonchev–Trinajstić information content (AvgIpc) is 2.36. The fourth-order valence-electron chi connectivity index (χ4n) is 1.83. The zero-order chi connectivity index (χ0) is 13.0. The highest BCUT2D eigenvalue weighted by atomic mass is 35.5. The van der Waals surface area contributed by atoms with Crippen LogP contribution in [0.25, 0.3) is 10.9 Å². The first-order chi connectivity index (χ1) is 8.70. The van der Waals surface area contributed by atoms with Gasteiger partial charge in [-0.2, -0.15) is 0 Å². The minimum absolute atomic E-state index is 0.273. The Morgan fingerprint density at radius 3 is 3.06 bits per heavy atom. The molecule has 0 saturated carbocycles. The summed E-state index contributed by atoms with van der Waals surface area (Å²) in [7, 11) is 0. The van der Waals surface area contributed by atoms with Gasteiger partial charge in [0.2, 0.25) is 0 Å². The van der Waals surface area contributed by atoms with E-state index in [9.17, 15) is 0 Å². The first kappa shape index (κ1) is 13.1. The van der Waals surface area contributed by atoms with Crippen LogP contribution >= 0.6 is 11.6 Å². The summed E-state index contributed by atoms with van der Waals surface area (Å²) in [6.07, 6.45) is 2.61. The Labute approximate surface area is 111 Å². The highest BCUT2D eigenvalue weighted by Crippen LogP contribution is 2.25. The molecular formula is C13H16ClN3O. The number of rotatable bonds is 5. The number of nitrogens with zero attached hydrogens (tertiary/aromatic N) is 1. The Morgan fingerprint density at radius 1 is 1.44 bits per heavy atom. The summed E-state index contributed by atoms with van der Waals surface area (Å²) in [5, 5.41) is 5.17. The minimum Gasteiger partial charge on any atom is -0.382 e. The van der Waals surface area contributed by atoms with Crippen molar-refractivity contribution in [2.75, 3.05) is 11.9 Å². The second-order valence-electron chi connectivity index (χ2n) is 4.22. The van der Waals surface area contributed by atoms with E-state index < -0.39 is 0 Å². The van der Waals surface area contributed by atoms with Gasteiger partial charge >= 0.3 is 0 Å². The first-order valence-electron chi connectivity index (χ1n) is 5.83. The molecule has 5 heteroatoms. The number of nitrogens with two attached hydrogens (primary N) is 1. The van der Waals surface area contributed by atoms with Gasteiger partial charge in [-0.15, -0.1) is 0 Å². The number of anilines is 1. The molecule has 0 aliphatic heterocycles. The summed E-state index contributed by atoms with van der Waals surface area (Å²) in [6, 6.07) is 7.92. The molecule has 0 spiro atoms. The van der Waals surface area contributed by atoms with Crippen molar-refractivity contribution in [1.82, 2.24) is 4.98 Å². The Hall–Kier alpha value is -1.36. The number of aromatic nitrogens is 1. The molecule has 0 aliphatic rings. The lowest BCUT2D eigenvalue weighted by atomic mass is 10.1. The molecule has 2 aromatic rings. The number of hydrogen-bond donors (Lipinski definition) is 2. The molecule has 96 valence electrons. The van der Waals surface area contributed by atoms with E-state index in [2.05, 4.69) is 22.1 Å². The summed E-state index contributed by atoms with van der Waals surface area (Å²) in [5.74, 6) is 5.02. The lowest BCUT2D eigenvalue weighted by Gasteiger charge is -2.16. The van der Waals surface area contributed by atoms with Crippen LogP contribution in [-0.2, 0) is 4.84 Å². The van der Waals surface area contributed by atoms with Crippen molar-refractivity contribution in [2.45, 2.75) is 19.4 Å². The highest BCUT2D eigenvalue weighted by Gasteiger charge is 2.06. The van der Waals surface area contributed by atoms with E-state index in [1.54, 1.807) is 6.20 Å². The second kappa shape index (κ2) is 6.00. The predicted octanol–water partition coefficient (Wildman–Crippen LogP) is 2.97. The quantitative estimate of drug-likeness (QED) is 0.816. The van der Waals surface area contributed by atoms with Crippen LogP contribution in [0.3, 0.4) is 0 Å². The monoisotopic (exact) mass is 265 g/mol.